The van der Waals surface area contributed by atoms with Crippen molar-refractivity contribution in [3.8, 4) is 0 Å². The molecule has 1 aromatic heterocycles. The van der Waals surface area contributed by atoms with Gasteiger partial charge in [0.25, 0.3) is 0 Å². The van der Waals surface area contributed by atoms with Gasteiger partial charge in [0.05, 0.1) is 13.2 Å². The lowest BCUT2D eigenvalue weighted by molar-refractivity contribution is -0.132. The number of ether oxygens (including phenoxy) is 1. The minimum atomic E-state index is 0.313. The highest BCUT2D eigenvalue weighted by Gasteiger charge is 2.34. The molecular formula is C16H23N5O2. The maximum Gasteiger partial charge on any atom is 0.227 e. The Morgan fingerprint density at radius 3 is 2.48 bits per heavy atom. The summed E-state index contributed by atoms with van der Waals surface area (Å²) < 4.78 is 5.38. The van der Waals surface area contributed by atoms with E-state index < -0.39 is 0 Å². The highest BCUT2D eigenvalue weighted by Crippen LogP contribution is 2.31. The van der Waals surface area contributed by atoms with Crippen LogP contribution in [0.3, 0.4) is 0 Å². The normalized spacial score (nSPS) is 22.3. The second kappa shape index (κ2) is 6.31. The molecule has 0 bridgehead atoms. The van der Waals surface area contributed by atoms with Gasteiger partial charge in [-0.1, -0.05) is 0 Å². The van der Waals surface area contributed by atoms with Crippen LogP contribution >= 0.6 is 0 Å². The summed E-state index contributed by atoms with van der Waals surface area (Å²) in [6, 6.07) is 1.96. The number of carbonyl (C=O) groups excluding carboxylic acids is 1. The summed E-state index contributed by atoms with van der Waals surface area (Å²) in [7, 11) is 0. The first kappa shape index (κ1) is 14.7. The van der Waals surface area contributed by atoms with Crippen LogP contribution in [0.1, 0.15) is 12.8 Å². The third kappa shape index (κ3) is 3.24. The van der Waals surface area contributed by atoms with Gasteiger partial charge in [0.15, 0.2) is 0 Å². The van der Waals surface area contributed by atoms with Crippen LogP contribution in [0.5, 0.6) is 0 Å². The number of aromatic nitrogens is 2. The molecule has 1 aromatic rings. The van der Waals surface area contributed by atoms with Crippen LogP contribution in [0.2, 0.25) is 0 Å². The molecule has 124 valence electrons. The van der Waals surface area contributed by atoms with Crippen molar-refractivity contribution in [3.05, 3.63) is 12.3 Å². The van der Waals surface area contributed by atoms with Gasteiger partial charge in [-0.15, -0.1) is 0 Å². The summed E-state index contributed by atoms with van der Waals surface area (Å²) >= 11 is 0. The average Bonchev–Trinajstić information content (AvgIpc) is 3.47. The number of hydrogen-bond donors (Lipinski definition) is 0. The summed E-state index contributed by atoms with van der Waals surface area (Å²) in [5.41, 5.74) is 0. The first-order valence-corrected chi connectivity index (χ1v) is 8.51. The zero-order valence-corrected chi connectivity index (χ0v) is 13.4. The largest absolute Gasteiger partial charge is 0.378 e. The lowest BCUT2D eigenvalue weighted by atomic mass is 10.2. The molecule has 2 aliphatic heterocycles. The van der Waals surface area contributed by atoms with Crippen molar-refractivity contribution in [1.29, 1.82) is 0 Å². The first-order chi connectivity index (χ1) is 11.3. The van der Waals surface area contributed by atoms with Crippen LogP contribution in [0.15, 0.2) is 12.3 Å². The van der Waals surface area contributed by atoms with E-state index in [2.05, 4.69) is 14.8 Å². The van der Waals surface area contributed by atoms with E-state index in [-0.39, 0.29) is 0 Å². The van der Waals surface area contributed by atoms with E-state index in [1.165, 1.54) is 0 Å². The molecule has 0 atom stereocenters. The highest BCUT2D eigenvalue weighted by atomic mass is 16.5. The van der Waals surface area contributed by atoms with Gasteiger partial charge in [-0.05, 0) is 18.9 Å². The molecule has 0 radical (unpaired) electrons. The fourth-order valence-corrected chi connectivity index (χ4v) is 3.18. The summed E-state index contributed by atoms with van der Waals surface area (Å²) in [4.78, 5) is 27.7. The number of nitrogens with zero attached hydrogens (tertiary/aromatic N) is 5. The molecule has 4 rings (SSSR count). The number of hydrogen-bond acceptors (Lipinski definition) is 6. The molecule has 1 aliphatic carbocycles. The summed E-state index contributed by atoms with van der Waals surface area (Å²) in [5.74, 6) is 2.40. The van der Waals surface area contributed by atoms with Crippen LogP contribution < -0.4 is 9.80 Å². The van der Waals surface area contributed by atoms with Crippen LogP contribution in [-0.4, -0.2) is 73.3 Å². The third-order valence-electron chi connectivity index (χ3n) is 4.76. The Balaban J connectivity index is 1.39. The minimum absolute atomic E-state index is 0.313. The SMILES string of the molecule is O=C(C1CC1)N1CCN(c2ccnc(N3CCOCC3)n2)CC1. The predicted octanol–water partition coefficient (Wildman–Crippen LogP) is 0.372. The Morgan fingerprint density at radius 2 is 1.78 bits per heavy atom. The van der Waals surface area contributed by atoms with Gasteiger partial charge in [-0.3, -0.25) is 4.79 Å². The summed E-state index contributed by atoms with van der Waals surface area (Å²) in [6.07, 6.45) is 3.98. The van der Waals surface area contributed by atoms with Gasteiger partial charge in [-0.2, -0.15) is 4.98 Å². The van der Waals surface area contributed by atoms with Crippen molar-refractivity contribution in [2.75, 3.05) is 62.3 Å². The van der Waals surface area contributed by atoms with E-state index in [9.17, 15) is 4.79 Å². The monoisotopic (exact) mass is 317 g/mol. The van der Waals surface area contributed by atoms with Crippen molar-refractivity contribution < 1.29 is 9.53 Å². The van der Waals surface area contributed by atoms with E-state index in [1.54, 1.807) is 0 Å². The van der Waals surface area contributed by atoms with Gasteiger partial charge >= 0.3 is 0 Å². The van der Waals surface area contributed by atoms with Crippen LogP contribution in [-0.2, 0) is 9.53 Å². The average molecular weight is 317 g/mol. The highest BCUT2D eigenvalue weighted by molar-refractivity contribution is 5.81. The standard InChI is InChI=1S/C16H23N5O2/c22-15(13-1-2-13)20-7-5-19(6-8-20)14-3-4-17-16(18-14)21-9-11-23-12-10-21/h3-4,13H,1-2,5-12H2. The Kier molecular flexibility index (Phi) is 4.03. The maximum absolute atomic E-state index is 12.1. The van der Waals surface area contributed by atoms with Crippen molar-refractivity contribution in [2.45, 2.75) is 12.8 Å². The van der Waals surface area contributed by atoms with E-state index >= 15 is 0 Å². The molecular weight excluding hydrogens is 294 g/mol. The molecule has 3 fully saturated rings. The fourth-order valence-electron chi connectivity index (χ4n) is 3.18. The van der Waals surface area contributed by atoms with Crippen molar-refractivity contribution >= 4 is 17.7 Å². The molecule has 7 heteroatoms. The van der Waals surface area contributed by atoms with E-state index in [0.717, 1.165) is 77.1 Å². The molecule has 0 N–H and O–H groups in total. The molecule has 0 unspecified atom stereocenters. The predicted molar refractivity (Wildman–Crippen MR) is 86.6 cm³/mol. The Labute approximate surface area is 136 Å². The maximum atomic E-state index is 12.1. The number of anilines is 2. The lowest BCUT2D eigenvalue weighted by Gasteiger charge is -2.36. The molecule has 0 aromatic carbocycles. The summed E-state index contributed by atoms with van der Waals surface area (Å²) in [6.45, 7) is 6.43. The lowest BCUT2D eigenvalue weighted by Crippen LogP contribution is -2.49. The molecule has 7 nitrogen and oxygen atoms in total. The number of rotatable bonds is 3. The van der Waals surface area contributed by atoms with Gasteiger partial charge in [0, 0.05) is 51.4 Å². The molecule has 23 heavy (non-hydrogen) atoms. The van der Waals surface area contributed by atoms with Crippen molar-refractivity contribution in [2.24, 2.45) is 5.92 Å². The zero-order valence-electron chi connectivity index (χ0n) is 13.4. The first-order valence-electron chi connectivity index (χ1n) is 8.51. The van der Waals surface area contributed by atoms with E-state index in [1.807, 2.05) is 17.2 Å². The van der Waals surface area contributed by atoms with Crippen LogP contribution in [0.25, 0.3) is 0 Å². The van der Waals surface area contributed by atoms with Crippen LogP contribution in [0, 0.1) is 5.92 Å². The van der Waals surface area contributed by atoms with Gasteiger partial charge in [0.1, 0.15) is 5.82 Å². The van der Waals surface area contributed by atoms with Crippen molar-refractivity contribution in [3.63, 3.8) is 0 Å². The Bertz CT molecular complexity index is 563. The van der Waals surface area contributed by atoms with Gasteiger partial charge in [-0.25, -0.2) is 4.98 Å². The molecule has 3 heterocycles. The molecule has 3 aliphatic rings. The smallest absolute Gasteiger partial charge is 0.227 e. The van der Waals surface area contributed by atoms with Gasteiger partial charge in [0.2, 0.25) is 11.9 Å². The topological polar surface area (TPSA) is 61.8 Å². The number of amides is 1. The number of morpholine rings is 1. The fraction of sp³-hybridized carbons (Fsp3) is 0.688. The van der Waals surface area contributed by atoms with Crippen LogP contribution in [0.4, 0.5) is 11.8 Å². The van der Waals surface area contributed by atoms with E-state index in [4.69, 9.17) is 9.72 Å². The molecule has 1 amide bonds. The quantitative estimate of drug-likeness (QED) is 0.803. The molecule has 0 spiro atoms. The Hall–Kier alpha value is -1.89. The third-order valence-corrected chi connectivity index (χ3v) is 4.76. The molecule has 2 saturated heterocycles. The van der Waals surface area contributed by atoms with Crippen molar-refractivity contribution in [1.82, 2.24) is 14.9 Å². The van der Waals surface area contributed by atoms with Gasteiger partial charge < -0.3 is 19.4 Å². The second-order valence-electron chi connectivity index (χ2n) is 6.40. The van der Waals surface area contributed by atoms with E-state index in [0.29, 0.717) is 11.8 Å². The number of carbonyl (C=O) groups is 1. The Morgan fingerprint density at radius 1 is 1.04 bits per heavy atom. The minimum Gasteiger partial charge on any atom is -0.378 e. The zero-order chi connectivity index (χ0) is 15.6. The second-order valence-corrected chi connectivity index (χ2v) is 6.40. The molecule has 1 saturated carbocycles. The summed E-state index contributed by atoms with van der Waals surface area (Å²) in [5, 5.41) is 0. The number of piperazine rings is 1.